The van der Waals surface area contributed by atoms with Gasteiger partial charge in [0.2, 0.25) is 5.91 Å². The van der Waals surface area contributed by atoms with Gasteiger partial charge in [-0.3, -0.25) is 9.36 Å². The smallest absolute Gasteiger partial charge is 0.268 e. The fourth-order valence-corrected chi connectivity index (χ4v) is 7.78. The monoisotopic (exact) mass is 1030 g/mol. The molecular weight excluding hydrogens is 924 g/mol. The predicted octanol–water partition coefficient (Wildman–Crippen LogP) is 16.8. The summed E-state index contributed by atoms with van der Waals surface area (Å²) in [6.45, 7) is 4.43. The Morgan fingerprint density at radius 1 is 0.493 bits per heavy atom. The van der Waals surface area contributed by atoms with Crippen LogP contribution in [0.4, 0.5) is 0 Å². The van der Waals surface area contributed by atoms with Crippen molar-refractivity contribution >= 4 is 13.7 Å². The Labute approximate surface area is 448 Å². The summed E-state index contributed by atoms with van der Waals surface area (Å²) in [5.41, 5.74) is 0. The van der Waals surface area contributed by atoms with E-state index < -0.39 is 26.6 Å². The summed E-state index contributed by atoms with van der Waals surface area (Å²) in [6, 6.07) is -0.919. The Balaban J connectivity index is 4.11. The number of amides is 1. The van der Waals surface area contributed by atoms with Crippen molar-refractivity contribution in [3.05, 3.63) is 158 Å². The molecule has 412 valence electrons. The van der Waals surface area contributed by atoms with Gasteiger partial charge in [-0.05, 0) is 116 Å². The first kappa shape index (κ1) is 69.1. The maximum absolute atomic E-state index is 12.9. The minimum absolute atomic E-state index is 0.0172. The standard InChI is InChI=1S/C64H105N2O6P/c1-6-8-10-12-14-16-18-19-20-21-22-23-24-25-26-27-28-29-30-31-32-33-34-35-36-37-38-39-40-41-42-43-44-45-46-47-48-50-52-54-56-58-64(68)65-62(61-72-73(69,70)71-60-59-66(3,4)5)63(67)57-55-53-51-49-17-15-13-11-9-7-2/h8,10,14,16-17,19-20,22-23,25-26,28-29,31-32,34-35,37-38,40-41,43-44,49,55,57,62-63,67H,6-7,9,11-13,15,18,21,24,27,30,33,36,39,42,45-48,50-54,56,58-61H2,1-5H3,(H-,65,68,69,70)/b10-8-,16-14-,20-19-,23-22-,26-25-,29-28-,32-31-,35-34-,38-37-,41-40-,44-43-,49-17+,57-55+. The van der Waals surface area contributed by atoms with Crippen molar-refractivity contribution in [1.29, 1.82) is 0 Å². The maximum Gasteiger partial charge on any atom is 0.268 e. The third-order valence-electron chi connectivity index (χ3n) is 11.5. The molecule has 1 amide bonds. The number of nitrogens with zero attached hydrogens (tertiary/aromatic N) is 1. The zero-order valence-electron chi connectivity index (χ0n) is 46.8. The van der Waals surface area contributed by atoms with E-state index in [0.717, 1.165) is 122 Å². The van der Waals surface area contributed by atoms with E-state index in [2.05, 4.69) is 165 Å². The Hall–Kier alpha value is -3.88. The summed E-state index contributed by atoms with van der Waals surface area (Å²) in [6.07, 6.45) is 83.4. The molecule has 3 unspecified atom stereocenters. The molecule has 0 spiro atoms. The number of quaternary nitrogens is 1. The summed E-state index contributed by atoms with van der Waals surface area (Å²) in [7, 11) is 1.21. The third kappa shape index (κ3) is 55.7. The van der Waals surface area contributed by atoms with Crippen LogP contribution < -0.4 is 10.2 Å². The van der Waals surface area contributed by atoms with Crippen LogP contribution in [0.25, 0.3) is 0 Å². The average molecular weight is 1030 g/mol. The largest absolute Gasteiger partial charge is 0.756 e. The summed E-state index contributed by atoms with van der Waals surface area (Å²) in [5.74, 6) is -0.229. The van der Waals surface area contributed by atoms with Gasteiger partial charge in [-0.2, -0.15) is 0 Å². The molecule has 0 aromatic rings. The van der Waals surface area contributed by atoms with E-state index in [0.29, 0.717) is 17.4 Å². The highest BCUT2D eigenvalue weighted by atomic mass is 31.2. The predicted molar refractivity (Wildman–Crippen MR) is 315 cm³/mol. The van der Waals surface area contributed by atoms with E-state index in [1.165, 1.54) is 44.9 Å². The molecule has 0 saturated heterocycles. The van der Waals surface area contributed by atoms with E-state index in [4.69, 9.17) is 9.05 Å². The highest BCUT2D eigenvalue weighted by molar-refractivity contribution is 7.45. The quantitative estimate of drug-likeness (QED) is 0.0272. The molecule has 0 fully saturated rings. The molecule has 0 heterocycles. The Morgan fingerprint density at radius 3 is 1.27 bits per heavy atom. The minimum atomic E-state index is -4.61. The van der Waals surface area contributed by atoms with Crippen molar-refractivity contribution < 1.29 is 32.9 Å². The fourth-order valence-electron chi connectivity index (χ4n) is 7.05. The number of hydrogen-bond donors (Lipinski definition) is 2. The lowest BCUT2D eigenvalue weighted by molar-refractivity contribution is -0.870. The number of nitrogens with one attached hydrogen (secondary N) is 1. The average Bonchev–Trinajstić information content (AvgIpc) is 3.35. The number of allylic oxidation sites excluding steroid dienone is 25. The second kappa shape index (κ2) is 53.0. The van der Waals surface area contributed by atoms with E-state index >= 15 is 0 Å². The molecule has 0 radical (unpaired) electrons. The fraction of sp³-hybridized carbons (Fsp3) is 0.578. The summed E-state index contributed by atoms with van der Waals surface area (Å²) in [4.78, 5) is 25.3. The first-order valence-electron chi connectivity index (χ1n) is 28.3. The summed E-state index contributed by atoms with van der Waals surface area (Å²) < 4.78 is 23.2. The maximum atomic E-state index is 12.9. The number of aliphatic hydroxyl groups excluding tert-OH is 1. The zero-order valence-corrected chi connectivity index (χ0v) is 47.7. The van der Waals surface area contributed by atoms with Gasteiger partial charge in [0, 0.05) is 6.42 Å². The van der Waals surface area contributed by atoms with Crippen LogP contribution in [0, 0.1) is 0 Å². The molecule has 3 atom stereocenters. The van der Waals surface area contributed by atoms with Crippen molar-refractivity contribution in [3.8, 4) is 0 Å². The van der Waals surface area contributed by atoms with Gasteiger partial charge in [0.15, 0.2) is 0 Å². The van der Waals surface area contributed by atoms with Gasteiger partial charge in [0.05, 0.1) is 39.9 Å². The topological polar surface area (TPSA) is 108 Å². The highest BCUT2D eigenvalue weighted by Crippen LogP contribution is 2.38. The lowest BCUT2D eigenvalue weighted by atomic mass is 10.1. The highest BCUT2D eigenvalue weighted by Gasteiger charge is 2.23. The summed E-state index contributed by atoms with van der Waals surface area (Å²) >= 11 is 0. The minimum Gasteiger partial charge on any atom is -0.756 e. The van der Waals surface area contributed by atoms with Gasteiger partial charge in [-0.15, -0.1) is 0 Å². The Kier molecular flexibility index (Phi) is 50.1. The SMILES string of the molecule is CC/C=C\C/C=C\C/C=C\C/C=C\C/C=C\C/C=C\C/C=C\C/C=C\C/C=C\C/C=C\C/C=C\CCCCCCCCCC(=O)NC(COP(=O)([O-])OCC[N+](C)(C)C)C(O)/C=C/CC/C=C/CCCCCC. The van der Waals surface area contributed by atoms with Crippen molar-refractivity contribution in [2.45, 2.75) is 199 Å². The van der Waals surface area contributed by atoms with Gasteiger partial charge >= 0.3 is 0 Å². The first-order valence-corrected chi connectivity index (χ1v) is 29.8. The molecule has 2 N–H and O–H groups in total. The van der Waals surface area contributed by atoms with Crippen LogP contribution in [0.1, 0.15) is 187 Å². The Morgan fingerprint density at radius 2 is 0.849 bits per heavy atom. The molecule has 0 aliphatic carbocycles. The summed E-state index contributed by atoms with van der Waals surface area (Å²) in [5, 5.41) is 13.7. The third-order valence-corrected chi connectivity index (χ3v) is 12.4. The van der Waals surface area contributed by atoms with Crippen molar-refractivity contribution in [3.63, 3.8) is 0 Å². The molecule has 0 aromatic heterocycles. The number of unbranched alkanes of at least 4 members (excludes halogenated alkanes) is 12. The van der Waals surface area contributed by atoms with Crippen LogP contribution in [-0.2, 0) is 18.4 Å². The number of phosphoric acid groups is 1. The van der Waals surface area contributed by atoms with Gasteiger partial charge in [0.1, 0.15) is 13.2 Å². The van der Waals surface area contributed by atoms with Crippen LogP contribution in [0.3, 0.4) is 0 Å². The Bertz CT molecular complexity index is 1740. The molecule has 0 aromatic carbocycles. The molecule has 0 bridgehead atoms. The van der Waals surface area contributed by atoms with Gasteiger partial charge in [0.25, 0.3) is 7.82 Å². The molecule has 0 saturated carbocycles. The molecule has 73 heavy (non-hydrogen) atoms. The zero-order chi connectivity index (χ0) is 53.5. The van der Waals surface area contributed by atoms with Gasteiger partial charge in [-0.1, -0.05) is 223 Å². The van der Waals surface area contributed by atoms with E-state index in [9.17, 15) is 19.4 Å². The molecule has 9 heteroatoms. The second-order valence-electron chi connectivity index (χ2n) is 19.5. The number of carbonyl (C=O) groups excluding carboxylic acids is 1. The van der Waals surface area contributed by atoms with Crippen LogP contribution in [-0.4, -0.2) is 68.5 Å². The van der Waals surface area contributed by atoms with Crippen LogP contribution in [0.5, 0.6) is 0 Å². The number of carbonyl (C=O) groups is 1. The number of rotatable bonds is 49. The van der Waals surface area contributed by atoms with E-state index in [-0.39, 0.29) is 12.5 Å². The van der Waals surface area contributed by atoms with E-state index in [1.54, 1.807) is 6.08 Å². The molecule has 0 aliphatic rings. The molecule has 0 aliphatic heterocycles. The van der Waals surface area contributed by atoms with Crippen molar-refractivity contribution in [2.75, 3.05) is 40.9 Å². The van der Waals surface area contributed by atoms with Gasteiger partial charge in [-0.25, -0.2) is 0 Å². The lowest BCUT2D eigenvalue weighted by Gasteiger charge is -2.29. The van der Waals surface area contributed by atoms with Crippen LogP contribution in [0.2, 0.25) is 0 Å². The van der Waals surface area contributed by atoms with Gasteiger partial charge < -0.3 is 28.8 Å². The normalized spacial score (nSPS) is 15.1. The van der Waals surface area contributed by atoms with Crippen LogP contribution in [0.15, 0.2) is 158 Å². The second-order valence-corrected chi connectivity index (χ2v) is 21.0. The first-order chi connectivity index (χ1) is 35.5. The number of phosphoric ester groups is 1. The van der Waals surface area contributed by atoms with E-state index in [1.807, 2.05) is 27.2 Å². The molecular formula is C64H105N2O6P. The van der Waals surface area contributed by atoms with Crippen molar-refractivity contribution in [2.24, 2.45) is 0 Å². The number of aliphatic hydroxyl groups is 1. The lowest BCUT2D eigenvalue weighted by Crippen LogP contribution is -2.45. The molecule has 8 nitrogen and oxygen atoms in total. The number of hydrogen-bond acceptors (Lipinski definition) is 6. The van der Waals surface area contributed by atoms with Crippen LogP contribution >= 0.6 is 7.82 Å². The van der Waals surface area contributed by atoms with Crippen molar-refractivity contribution in [1.82, 2.24) is 5.32 Å². The number of likely N-dealkylation sites (N-methyl/N-ethyl adjacent to an activating group) is 1. The molecule has 0 rings (SSSR count).